The molecule has 0 nitrogen and oxygen atoms in total. The lowest BCUT2D eigenvalue weighted by atomic mass is 10.4. The maximum Gasteiger partial charge on any atom is 0.110 e. The Morgan fingerprint density at radius 3 is 2.00 bits per heavy atom. The van der Waals surface area contributed by atoms with E-state index in [9.17, 15) is 8.58 Å². The van der Waals surface area contributed by atoms with Gasteiger partial charge < -0.3 is 0 Å². The van der Waals surface area contributed by atoms with Crippen LogP contribution in [0.3, 0.4) is 0 Å². The largest absolute Gasteiger partial charge is 0.179 e. The molecule has 0 aliphatic heterocycles. The second-order valence-corrected chi connectivity index (χ2v) is 6.57. The molecular weight excluding hydrogens is 510 g/mol. The van der Waals surface area contributed by atoms with E-state index < -0.39 is 65.3 Å². The summed E-state index contributed by atoms with van der Waals surface area (Å²) in [5.74, 6) is 0. The van der Waals surface area contributed by atoms with Gasteiger partial charge in [-0.3, -0.25) is 0 Å². The third-order valence-electron chi connectivity index (χ3n) is 1.12. The van der Waals surface area contributed by atoms with Crippen LogP contribution in [0.1, 0.15) is 0 Å². The van der Waals surface area contributed by atoms with E-state index in [2.05, 4.69) is 0 Å². The molecule has 0 amide bonds. The monoisotopic (exact) mass is 513 g/mol. The second kappa shape index (κ2) is 5.83. The van der Waals surface area contributed by atoms with E-state index in [-0.39, 0.29) is 0 Å². The number of benzene rings is 1. The molecule has 3 radical (unpaired) electrons. The molecule has 0 heterocycles. The summed E-state index contributed by atoms with van der Waals surface area (Å²) in [7, 11) is 0. The maximum absolute atomic E-state index is 12.3. The van der Waals surface area contributed by atoms with Gasteiger partial charge in [0.25, 0.3) is 0 Å². The van der Waals surface area contributed by atoms with Crippen LogP contribution in [0, 0.1) is 10.7 Å². The van der Waals surface area contributed by atoms with Crippen molar-refractivity contribution in [1.82, 2.24) is 0 Å². The van der Waals surface area contributed by atoms with Gasteiger partial charge in [0.15, 0.2) is 0 Å². The Morgan fingerprint density at radius 2 is 1.50 bits per heavy atom. The zero-order valence-corrected chi connectivity index (χ0v) is 12.0. The lowest BCUT2D eigenvalue weighted by molar-refractivity contribution is 1.02. The smallest absolute Gasteiger partial charge is 0.110 e. The summed E-state index contributed by atoms with van der Waals surface area (Å²) in [5.41, 5.74) is 0. The van der Waals surface area contributed by atoms with Crippen LogP contribution in [-0.2, 0) is 0 Å². The van der Waals surface area contributed by atoms with Crippen LogP contribution in [0.25, 0.3) is 0 Å². The summed E-state index contributed by atoms with van der Waals surface area (Å²) in [5, 5.41) is 0. The molecule has 0 spiro atoms. The molecule has 6 heteroatoms. The minimum absolute atomic E-state index is 0.430. The van der Waals surface area contributed by atoms with Crippen molar-refractivity contribution < 1.29 is 8.58 Å². The molecule has 12 heavy (non-hydrogen) atoms. The first-order chi connectivity index (χ1) is 5.81. The van der Waals surface area contributed by atoms with Crippen LogP contribution in [0.15, 0.2) is 18.2 Å². The van der Waals surface area contributed by atoms with E-state index in [0.717, 1.165) is 0 Å². The lowest BCUT2D eigenvalue weighted by Crippen LogP contribution is -1.82. The molecule has 69 valence electrons. The number of rotatable bonds is 3. The van der Waals surface area contributed by atoms with Gasteiger partial charge in [0.05, 0.1) is 7.14 Å². The number of halogens is 6. The van der Waals surface area contributed by atoms with Crippen LogP contribution in [0.2, 0.25) is 0 Å². The van der Waals surface area contributed by atoms with E-state index in [1.165, 1.54) is 12.1 Å². The SMILES string of the molecule is F[I]c1ccc([I]F)c([I]F)c1. The Morgan fingerprint density at radius 1 is 0.833 bits per heavy atom. The van der Waals surface area contributed by atoms with Gasteiger partial charge in [0, 0.05) is 3.57 Å². The van der Waals surface area contributed by atoms with Gasteiger partial charge in [-0.15, -0.1) is 0 Å². The van der Waals surface area contributed by atoms with Gasteiger partial charge in [0.2, 0.25) is 0 Å². The fourth-order valence-corrected chi connectivity index (χ4v) is 4.50. The molecular formula is C6H3F3I3. The zero-order valence-electron chi connectivity index (χ0n) is 5.50. The van der Waals surface area contributed by atoms with Crippen LogP contribution in [0.5, 0.6) is 0 Å². The van der Waals surface area contributed by atoms with E-state index in [1.807, 2.05) is 0 Å². The van der Waals surface area contributed by atoms with Crippen molar-refractivity contribution in [2.24, 2.45) is 0 Å². The van der Waals surface area contributed by atoms with Gasteiger partial charge in [-0.1, -0.05) is 0 Å². The van der Waals surface area contributed by atoms with Crippen molar-refractivity contribution >= 4 is 65.3 Å². The van der Waals surface area contributed by atoms with E-state index in [1.54, 1.807) is 6.07 Å². The molecule has 0 aliphatic rings. The molecule has 1 aromatic carbocycles. The molecule has 0 N–H and O–H groups in total. The van der Waals surface area contributed by atoms with Crippen molar-refractivity contribution in [3.63, 3.8) is 0 Å². The summed E-state index contributed by atoms with van der Waals surface area (Å²) in [6, 6.07) is 4.57. The molecule has 0 saturated carbocycles. The van der Waals surface area contributed by atoms with Crippen molar-refractivity contribution in [2.75, 3.05) is 0 Å². The zero-order chi connectivity index (χ0) is 8.97. The Hall–Kier alpha value is 1.20. The third kappa shape index (κ3) is 2.86. The normalized spacial score (nSPS) is 10.2. The van der Waals surface area contributed by atoms with Gasteiger partial charge in [-0.25, -0.2) is 0 Å². The lowest BCUT2D eigenvalue weighted by Gasteiger charge is -1.99. The van der Waals surface area contributed by atoms with Crippen molar-refractivity contribution in [3.8, 4) is 0 Å². The van der Waals surface area contributed by atoms with Gasteiger partial charge in [-0.05, 0) is 18.2 Å². The second-order valence-electron chi connectivity index (χ2n) is 1.77. The van der Waals surface area contributed by atoms with E-state index in [4.69, 9.17) is 0 Å². The summed E-state index contributed by atoms with van der Waals surface area (Å²) >= 11 is -4.65. The van der Waals surface area contributed by atoms with Crippen LogP contribution in [0.4, 0.5) is 8.58 Å². The fraction of sp³-hybridized carbons (Fsp3) is 0. The first kappa shape index (κ1) is 11.3. The average Bonchev–Trinajstić information content (AvgIpc) is 2.16. The summed E-state index contributed by atoms with van der Waals surface area (Å²) in [6.07, 6.45) is 0. The highest BCUT2D eigenvalue weighted by Gasteiger charge is 2.06. The summed E-state index contributed by atoms with van der Waals surface area (Å²) in [6.45, 7) is 0. The summed E-state index contributed by atoms with van der Waals surface area (Å²) in [4.78, 5) is 0. The molecule has 1 aromatic rings. The predicted octanol–water partition coefficient (Wildman–Crippen LogP) is 4.76. The number of hydrogen-bond acceptors (Lipinski definition) is 0. The van der Waals surface area contributed by atoms with Crippen molar-refractivity contribution in [1.29, 1.82) is 0 Å². The van der Waals surface area contributed by atoms with Crippen LogP contribution in [-0.4, -0.2) is 0 Å². The number of hydrogen-bond donors (Lipinski definition) is 0. The molecule has 0 aromatic heterocycles. The quantitative estimate of drug-likeness (QED) is 0.405. The van der Waals surface area contributed by atoms with Gasteiger partial charge in [0.1, 0.15) is 65.3 Å². The first-order valence-corrected chi connectivity index (χ1v) is 8.42. The van der Waals surface area contributed by atoms with Crippen molar-refractivity contribution in [3.05, 3.63) is 28.9 Å². The highest BCUT2D eigenvalue weighted by molar-refractivity contribution is 14.2. The average molecular weight is 513 g/mol. The molecule has 1 rings (SSSR count). The molecule has 0 aliphatic carbocycles. The Bertz CT molecular complexity index is 266. The minimum Gasteiger partial charge on any atom is -0.179 e. The van der Waals surface area contributed by atoms with Crippen LogP contribution >= 0.6 is 65.3 Å². The Balaban J connectivity index is 3.02. The molecule has 0 unspecified atom stereocenters. The third-order valence-corrected chi connectivity index (χ3v) is 6.00. The highest BCUT2D eigenvalue weighted by Crippen LogP contribution is 2.36. The maximum atomic E-state index is 12.3. The standard InChI is InChI=1S/C6H3F3I3/c7-10-4-1-2-5(11-8)6(3-4)12-9/h1-3H. The Labute approximate surface area is 101 Å². The van der Waals surface area contributed by atoms with E-state index >= 15 is 0 Å². The molecule has 0 fully saturated rings. The molecule has 0 atom stereocenters. The first-order valence-electron chi connectivity index (χ1n) is 2.73. The molecule has 0 bridgehead atoms. The van der Waals surface area contributed by atoms with Gasteiger partial charge in [-0.2, -0.15) is 8.58 Å². The Kier molecular flexibility index (Phi) is 5.48. The van der Waals surface area contributed by atoms with Crippen LogP contribution < -0.4 is 0 Å². The highest BCUT2D eigenvalue weighted by atomic mass is 127. The van der Waals surface area contributed by atoms with Gasteiger partial charge >= 0.3 is 0 Å². The summed E-state index contributed by atoms with van der Waals surface area (Å²) < 4.78 is 38.3. The fourth-order valence-electron chi connectivity index (χ4n) is 0.628. The topological polar surface area (TPSA) is 0 Å². The molecule has 0 saturated heterocycles. The minimum atomic E-state index is -1.60. The predicted molar refractivity (Wildman–Crippen MR) is 67.9 cm³/mol. The van der Waals surface area contributed by atoms with E-state index in [0.29, 0.717) is 10.7 Å². The van der Waals surface area contributed by atoms with Crippen molar-refractivity contribution in [2.45, 2.75) is 0 Å².